The Morgan fingerprint density at radius 2 is 2.08 bits per heavy atom. The fourth-order valence-corrected chi connectivity index (χ4v) is 3.87. The van der Waals surface area contributed by atoms with Crippen molar-refractivity contribution in [2.24, 2.45) is 0 Å². The van der Waals surface area contributed by atoms with Crippen molar-refractivity contribution in [2.75, 3.05) is 38.6 Å². The molecule has 0 spiro atoms. The maximum Gasteiger partial charge on any atom is 0.258 e. The van der Waals surface area contributed by atoms with Crippen LogP contribution in [0.25, 0.3) is 0 Å². The van der Waals surface area contributed by atoms with Crippen molar-refractivity contribution in [1.82, 2.24) is 10.2 Å². The van der Waals surface area contributed by atoms with Crippen LogP contribution in [-0.2, 0) is 13.0 Å². The molecule has 1 N–H and O–H groups in total. The van der Waals surface area contributed by atoms with E-state index in [0.29, 0.717) is 6.54 Å². The number of hydrogen-bond acceptors (Lipinski definition) is 4. The number of amides is 1. The minimum atomic E-state index is -0.0370. The lowest BCUT2D eigenvalue weighted by Gasteiger charge is -2.36. The van der Waals surface area contributed by atoms with E-state index in [-0.39, 0.29) is 12.0 Å². The third-order valence-corrected chi connectivity index (χ3v) is 5.02. The Hall–Kier alpha value is -2.37. The Balaban J connectivity index is 1.71. The first-order chi connectivity index (χ1) is 12.6. The van der Waals surface area contributed by atoms with Gasteiger partial charge in [0.1, 0.15) is 11.9 Å². The number of fused-ring (bicyclic) bond motifs is 2. The number of benzene rings is 2. The molecular formula is C21H25N3O2. The van der Waals surface area contributed by atoms with Crippen LogP contribution in [0.1, 0.15) is 21.5 Å². The minimum Gasteiger partial charge on any atom is -0.485 e. The normalized spacial score (nSPS) is 18.9. The summed E-state index contributed by atoms with van der Waals surface area (Å²) in [6, 6.07) is 13.9. The number of para-hydroxylation sites is 2. The Morgan fingerprint density at radius 1 is 1.23 bits per heavy atom. The Labute approximate surface area is 154 Å². The fraction of sp³-hybridized carbons (Fsp3) is 0.381. The number of carbonyl (C=O) groups is 1. The summed E-state index contributed by atoms with van der Waals surface area (Å²) in [4.78, 5) is 17.5. The van der Waals surface area contributed by atoms with Crippen molar-refractivity contribution in [3.8, 4) is 5.75 Å². The SMILES string of the molecule is CN(C)CC1CN(C(=O)c2cccc3c2CCNC3)c2ccccc2O1. The van der Waals surface area contributed by atoms with E-state index in [4.69, 9.17) is 4.74 Å². The van der Waals surface area contributed by atoms with Gasteiger partial charge in [-0.1, -0.05) is 24.3 Å². The molecule has 0 aromatic heterocycles. The Kier molecular flexibility index (Phi) is 4.66. The third-order valence-electron chi connectivity index (χ3n) is 5.02. The van der Waals surface area contributed by atoms with E-state index in [1.807, 2.05) is 55.4 Å². The predicted octanol–water partition coefficient (Wildman–Crippen LogP) is 2.30. The van der Waals surface area contributed by atoms with Crippen molar-refractivity contribution >= 4 is 11.6 Å². The third kappa shape index (κ3) is 3.20. The summed E-state index contributed by atoms with van der Waals surface area (Å²) in [5.74, 6) is 0.855. The van der Waals surface area contributed by atoms with Crippen molar-refractivity contribution in [3.05, 3.63) is 59.2 Å². The van der Waals surface area contributed by atoms with Crippen LogP contribution < -0.4 is 15.0 Å². The fourth-order valence-electron chi connectivity index (χ4n) is 3.87. The number of anilines is 1. The van der Waals surface area contributed by atoms with Crippen LogP contribution in [0, 0.1) is 0 Å². The smallest absolute Gasteiger partial charge is 0.258 e. The summed E-state index contributed by atoms with van der Waals surface area (Å²) in [7, 11) is 4.05. The number of ether oxygens (including phenoxy) is 1. The van der Waals surface area contributed by atoms with Gasteiger partial charge in [0.05, 0.1) is 12.2 Å². The molecule has 4 rings (SSSR count). The number of nitrogens with one attached hydrogen (secondary N) is 1. The molecule has 0 bridgehead atoms. The first kappa shape index (κ1) is 17.1. The van der Waals surface area contributed by atoms with E-state index in [1.165, 1.54) is 11.1 Å². The average molecular weight is 351 g/mol. The molecule has 1 unspecified atom stereocenters. The first-order valence-electron chi connectivity index (χ1n) is 9.17. The molecule has 1 atom stereocenters. The molecule has 5 heteroatoms. The van der Waals surface area contributed by atoms with Gasteiger partial charge in [-0.25, -0.2) is 0 Å². The second kappa shape index (κ2) is 7.09. The maximum atomic E-state index is 13.5. The minimum absolute atomic E-state index is 0.0370. The summed E-state index contributed by atoms with van der Waals surface area (Å²) in [5.41, 5.74) is 4.10. The molecule has 2 aliphatic heterocycles. The number of carbonyl (C=O) groups excluding carboxylic acids is 1. The molecule has 5 nitrogen and oxygen atoms in total. The van der Waals surface area contributed by atoms with Crippen LogP contribution in [0.2, 0.25) is 0 Å². The highest BCUT2D eigenvalue weighted by atomic mass is 16.5. The van der Waals surface area contributed by atoms with Crippen LogP contribution in [0.5, 0.6) is 5.75 Å². The van der Waals surface area contributed by atoms with Crippen LogP contribution in [0.3, 0.4) is 0 Å². The molecule has 0 radical (unpaired) electrons. The Morgan fingerprint density at radius 3 is 2.92 bits per heavy atom. The van der Waals surface area contributed by atoms with Gasteiger partial charge in [-0.3, -0.25) is 4.79 Å². The van der Waals surface area contributed by atoms with E-state index in [1.54, 1.807) is 0 Å². The lowest BCUT2D eigenvalue weighted by molar-refractivity contribution is 0.0939. The number of hydrogen-bond donors (Lipinski definition) is 1. The van der Waals surface area contributed by atoms with Crippen molar-refractivity contribution in [1.29, 1.82) is 0 Å². The molecule has 26 heavy (non-hydrogen) atoms. The molecule has 2 aromatic carbocycles. The highest BCUT2D eigenvalue weighted by Gasteiger charge is 2.31. The van der Waals surface area contributed by atoms with Crippen molar-refractivity contribution in [3.63, 3.8) is 0 Å². The molecule has 0 saturated heterocycles. The lowest BCUT2D eigenvalue weighted by atomic mass is 9.94. The summed E-state index contributed by atoms with van der Waals surface area (Å²) < 4.78 is 6.13. The predicted molar refractivity (Wildman–Crippen MR) is 103 cm³/mol. The van der Waals surface area contributed by atoms with Crippen LogP contribution in [-0.4, -0.2) is 50.6 Å². The Bertz CT molecular complexity index is 819. The molecule has 0 fully saturated rings. The zero-order valence-corrected chi connectivity index (χ0v) is 15.4. The molecule has 2 heterocycles. The zero-order valence-electron chi connectivity index (χ0n) is 15.4. The van der Waals surface area contributed by atoms with Gasteiger partial charge in [0.25, 0.3) is 5.91 Å². The second-order valence-electron chi connectivity index (χ2n) is 7.26. The summed E-state index contributed by atoms with van der Waals surface area (Å²) in [6.07, 6.45) is 0.856. The summed E-state index contributed by atoms with van der Waals surface area (Å²) in [5, 5.41) is 3.38. The van der Waals surface area contributed by atoms with Gasteiger partial charge in [-0.15, -0.1) is 0 Å². The maximum absolute atomic E-state index is 13.5. The first-order valence-corrected chi connectivity index (χ1v) is 9.17. The summed E-state index contributed by atoms with van der Waals surface area (Å²) >= 11 is 0. The van der Waals surface area contributed by atoms with Crippen LogP contribution in [0.4, 0.5) is 5.69 Å². The largest absolute Gasteiger partial charge is 0.485 e. The van der Waals surface area contributed by atoms with Gasteiger partial charge in [0.15, 0.2) is 0 Å². The van der Waals surface area contributed by atoms with Crippen LogP contribution >= 0.6 is 0 Å². The summed E-state index contributed by atoms with van der Waals surface area (Å²) in [6.45, 7) is 3.09. The number of rotatable bonds is 3. The molecule has 2 aliphatic rings. The van der Waals surface area contributed by atoms with Gasteiger partial charge in [-0.2, -0.15) is 0 Å². The molecule has 136 valence electrons. The molecular weight excluding hydrogens is 326 g/mol. The highest BCUT2D eigenvalue weighted by molar-refractivity contribution is 6.08. The zero-order chi connectivity index (χ0) is 18.1. The van der Waals surface area contributed by atoms with Gasteiger partial charge >= 0.3 is 0 Å². The van der Waals surface area contributed by atoms with Crippen molar-refractivity contribution in [2.45, 2.75) is 19.1 Å². The molecule has 0 saturated carbocycles. The average Bonchev–Trinajstić information content (AvgIpc) is 2.66. The van der Waals surface area contributed by atoms with Gasteiger partial charge in [-0.05, 0) is 56.4 Å². The van der Waals surface area contributed by atoms with Gasteiger partial charge in [0.2, 0.25) is 0 Å². The van der Waals surface area contributed by atoms with E-state index < -0.39 is 0 Å². The van der Waals surface area contributed by atoms with E-state index in [9.17, 15) is 4.79 Å². The van der Waals surface area contributed by atoms with Crippen molar-refractivity contribution < 1.29 is 9.53 Å². The molecule has 2 aromatic rings. The van der Waals surface area contributed by atoms with E-state index >= 15 is 0 Å². The highest BCUT2D eigenvalue weighted by Crippen LogP contribution is 2.35. The number of likely N-dealkylation sites (N-methyl/N-ethyl adjacent to an activating group) is 1. The van der Waals surface area contributed by atoms with E-state index in [0.717, 1.165) is 43.1 Å². The molecule has 0 aliphatic carbocycles. The number of nitrogens with zero attached hydrogens (tertiary/aromatic N) is 2. The second-order valence-corrected chi connectivity index (χ2v) is 7.26. The quantitative estimate of drug-likeness (QED) is 0.922. The monoisotopic (exact) mass is 351 g/mol. The topological polar surface area (TPSA) is 44.8 Å². The van der Waals surface area contributed by atoms with E-state index in [2.05, 4.69) is 16.3 Å². The van der Waals surface area contributed by atoms with Crippen LogP contribution in [0.15, 0.2) is 42.5 Å². The van der Waals surface area contributed by atoms with Gasteiger partial charge in [0, 0.05) is 18.7 Å². The lowest BCUT2D eigenvalue weighted by Crippen LogP contribution is -2.47. The molecule has 1 amide bonds. The standard InChI is InChI=1S/C21H25N3O2/c1-23(2)13-16-14-24(19-8-3-4-9-20(19)26-16)21(25)18-7-5-6-15-12-22-11-10-17(15)18/h3-9,16,22H,10-14H2,1-2H3. The van der Waals surface area contributed by atoms with Gasteiger partial charge < -0.3 is 19.9 Å².